The van der Waals surface area contributed by atoms with Crippen LogP contribution >= 0.6 is 11.6 Å². The molecule has 0 saturated carbocycles. The van der Waals surface area contributed by atoms with E-state index in [1.54, 1.807) is 37.3 Å². The van der Waals surface area contributed by atoms with Crippen molar-refractivity contribution in [3.63, 3.8) is 0 Å². The highest BCUT2D eigenvalue weighted by atomic mass is 35.5. The Balaban J connectivity index is 1.90. The summed E-state index contributed by atoms with van der Waals surface area (Å²) in [5.74, 6) is -0.745. The fourth-order valence-corrected chi connectivity index (χ4v) is 4.73. The summed E-state index contributed by atoms with van der Waals surface area (Å²) in [6.45, 7) is 2.94. The quantitative estimate of drug-likeness (QED) is 0.282. The molecule has 1 amide bonds. The zero-order valence-electron chi connectivity index (χ0n) is 18.3. The minimum atomic E-state index is -4.13. The van der Waals surface area contributed by atoms with Crippen LogP contribution in [-0.4, -0.2) is 32.0 Å². The van der Waals surface area contributed by atoms with Crippen molar-refractivity contribution >= 4 is 45.1 Å². The van der Waals surface area contributed by atoms with Gasteiger partial charge in [0.15, 0.2) is 0 Å². The first kappa shape index (κ1) is 24.9. The third kappa shape index (κ3) is 5.77. The molecule has 0 fully saturated rings. The van der Waals surface area contributed by atoms with Gasteiger partial charge in [-0.05, 0) is 49.7 Å². The first-order valence-electron chi connectivity index (χ1n) is 10.0. The number of carbonyl (C=O) groups is 1. The summed E-state index contributed by atoms with van der Waals surface area (Å²) in [6.07, 6.45) is 1.12. The summed E-state index contributed by atoms with van der Waals surface area (Å²) >= 11 is 6.11. The molecular formula is C23H21ClN4O5S. The van der Waals surface area contributed by atoms with E-state index in [1.807, 2.05) is 6.92 Å². The molecule has 1 N–H and O–H groups in total. The van der Waals surface area contributed by atoms with Crippen molar-refractivity contribution in [2.24, 2.45) is 5.10 Å². The van der Waals surface area contributed by atoms with Gasteiger partial charge in [0.2, 0.25) is 0 Å². The molecule has 9 nitrogen and oxygen atoms in total. The Hall–Kier alpha value is -3.76. The van der Waals surface area contributed by atoms with Crippen LogP contribution in [0.15, 0.2) is 76.7 Å². The van der Waals surface area contributed by atoms with Gasteiger partial charge in [-0.1, -0.05) is 47.5 Å². The molecule has 0 spiro atoms. The Labute approximate surface area is 201 Å². The van der Waals surface area contributed by atoms with Crippen molar-refractivity contribution in [3.05, 3.63) is 98.6 Å². The minimum Gasteiger partial charge on any atom is -0.271 e. The Morgan fingerprint density at radius 1 is 1.12 bits per heavy atom. The average molecular weight is 501 g/mol. The number of para-hydroxylation sites is 1. The van der Waals surface area contributed by atoms with Crippen LogP contribution in [0.5, 0.6) is 0 Å². The molecule has 0 atom stereocenters. The van der Waals surface area contributed by atoms with Crippen molar-refractivity contribution in [2.45, 2.75) is 18.7 Å². The molecule has 0 aliphatic rings. The topological polar surface area (TPSA) is 122 Å². The number of nitro groups is 1. The van der Waals surface area contributed by atoms with Crippen LogP contribution in [0.4, 0.5) is 11.4 Å². The van der Waals surface area contributed by atoms with Crippen LogP contribution < -0.4 is 9.73 Å². The van der Waals surface area contributed by atoms with Gasteiger partial charge >= 0.3 is 0 Å². The zero-order valence-corrected chi connectivity index (χ0v) is 19.9. The number of hydrazone groups is 1. The molecule has 0 radical (unpaired) electrons. The summed E-state index contributed by atoms with van der Waals surface area (Å²) in [5.41, 5.74) is 3.95. The predicted octanol–water partition coefficient (Wildman–Crippen LogP) is 4.21. The number of benzene rings is 3. The fraction of sp³-hybridized carbons (Fsp3) is 0.130. The zero-order chi connectivity index (χ0) is 24.9. The van der Waals surface area contributed by atoms with Gasteiger partial charge in [-0.15, -0.1) is 0 Å². The van der Waals surface area contributed by atoms with Crippen molar-refractivity contribution in [2.75, 3.05) is 10.8 Å². The number of aryl methyl sites for hydroxylation is 2. The van der Waals surface area contributed by atoms with E-state index in [2.05, 4.69) is 10.5 Å². The minimum absolute atomic E-state index is 0.00804. The Kier molecular flexibility index (Phi) is 7.64. The Morgan fingerprint density at radius 2 is 1.79 bits per heavy atom. The van der Waals surface area contributed by atoms with E-state index < -0.39 is 27.4 Å². The summed E-state index contributed by atoms with van der Waals surface area (Å²) in [5, 5.41) is 15.2. The Bertz CT molecular complexity index is 1360. The highest BCUT2D eigenvalue weighted by Gasteiger charge is 2.28. The number of halogens is 1. The lowest BCUT2D eigenvalue weighted by atomic mass is 10.2. The summed E-state index contributed by atoms with van der Waals surface area (Å²) in [4.78, 5) is 23.2. The smallest absolute Gasteiger partial charge is 0.271 e. The number of nitrogens with one attached hydrogen (secondary N) is 1. The van der Waals surface area contributed by atoms with Gasteiger partial charge in [0.05, 0.1) is 27.3 Å². The van der Waals surface area contributed by atoms with E-state index in [9.17, 15) is 23.3 Å². The molecule has 11 heteroatoms. The molecule has 3 aromatic rings. The number of hydrogen-bond donors (Lipinski definition) is 1. The molecule has 0 unspecified atom stereocenters. The third-order valence-electron chi connectivity index (χ3n) is 4.86. The van der Waals surface area contributed by atoms with E-state index in [0.717, 1.165) is 16.1 Å². The number of carbonyl (C=O) groups excluding carboxylic acids is 1. The Morgan fingerprint density at radius 3 is 2.47 bits per heavy atom. The van der Waals surface area contributed by atoms with Crippen molar-refractivity contribution in [3.8, 4) is 0 Å². The predicted molar refractivity (Wildman–Crippen MR) is 131 cm³/mol. The SMILES string of the molecule is Cc1ccc(S(=O)(=O)N(CC(=O)N/N=C\c2ccccc2[N+](=O)[O-])c2cc(Cl)ccc2C)cc1. The molecule has 34 heavy (non-hydrogen) atoms. The molecule has 0 aliphatic carbocycles. The number of rotatable bonds is 8. The molecule has 0 aromatic heterocycles. The van der Waals surface area contributed by atoms with Gasteiger partial charge in [-0.3, -0.25) is 19.2 Å². The lowest BCUT2D eigenvalue weighted by Gasteiger charge is -2.25. The molecular weight excluding hydrogens is 480 g/mol. The van der Waals surface area contributed by atoms with E-state index in [0.29, 0.717) is 10.6 Å². The van der Waals surface area contributed by atoms with Crippen LogP contribution in [0, 0.1) is 24.0 Å². The van der Waals surface area contributed by atoms with Crippen molar-refractivity contribution in [1.29, 1.82) is 0 Å². The van der Waals surface area contributed by atoms with Crippen LogP contribution in [-0.2, 0) is 14.8 Å². The maximum Gasteiger partial charge on any atom is 0.278 e. The van der Waals surface area contributed by atoms with E-state index in [-0.39, 0.29) is 21.8 Å². The maximum atomic E-state index is 13.4. The standard InChI is InChI=1S/C23H21ClN4O5S/c1-16-7-11-20(12-8-16)34(32,33)27(22-13-19(24)10-9-17(22)2)15-23(29)26-25-14-18-5-3-4-6-21(18)28(30)31/h3-14H,15H2,1-2H3,(H,26,29)/b25-14-. The number of hydrogen-bond acceptors (Lipinski definition) is 6. The second-order valence-corrected chi connectivity index (χ2v) is 9.66. The van der Waals surface area contributed by atoms with E-state index >= 15 is 0 Å². The summed E-state index contributed by atoms with van der Waals surface area (Å²) in [7, 11) is -4.13. The second-order valence-electron chi connectivity index (χ2n) is 7.36. The maximum absolute atomic E-state index is 13.4. The van der Waals surface area contributed by atoms with Crippen molar-refractivity contribution < 1.29 is 18.1 Å². The van der Waals surface area contributed by atoms with Gasteiger partial charge in [0.1, 0.15) is 6.54 Å². The third-order valence-corrected chi connectivity index (χ3v) is 6.87. The lowest BCUT2D eigenvalue weighted by Crippen LogP contribution is -2.40. The second kappa shape index (κ2) is 10.4. The van der Waals surface area contributed by atoms with Crippen LogP contribution in [0.25, 0.3) is 0 Å². The lowest BCUT2D eigenvalue weighted by molar-refractivity contribution is -0.385. The van der Waals surface area contributed by atoms with Crippen molar-refractivity contribution in [1.82, 2.24) is 5.43 Å². The number of anilines is 1. The number of sulfonamides is 1. The highest BCUT2D eigenvalue weighted by Crippen LogP contribution is 2.29. The van der Waals surface area contributed by atoms with Gasteiger partial charge in [0, 0.05) is 11.1 Å². The van der Waals surface area contributed by atoms with Crippen LogP contribution in [0.3, 0.4) is 0 Å². The average Bonchev–Trinajstić information content (AvgIpc) is 2.79. The molecule has 3 rings (SSSR count). The first-order valence-corrected chi connectivity index (χ1v) is 11.8. The normalized spacial score (nSPS) is 11.4. The molecule has 0 heterocycles. The molecule has 3 aromatic carbocycles. The van der Waals surface area contributed by atoms with Crippen LogP contribution in [0.2, 0.25) is 5.02 Å². The molecule has 176 valence electrons. The van der Waals surface area contributed by atoms with Gasteiger partial charge in [0.25, 0.3) is 21.6 Å². The number of nitro benzene ring substituents is 1. The number of amides is 1. The van der Waals surface area contributed by atoms with Crippen LogP contribution in [0.1, 0.15) is 16.7 Å². The largest absolute Gasteiger partial charge is 0.278 e. The first-order chi connectivity index (χ1) is 16.1. The highest BCUT2D eigenvalue weighted by molar-refractivity contribution is 7.92. The van der Waals surface area contributed by atoms with E-state index in [1.165, 1.54) is 36.4 Å². The molecule has 0 aliphatic heterocycles. The van der Waals surface area contributed by atoms with Gasteiger partial charge < -0.3 is 0 Å². The fourth-order valence-electron chi connectivity index (χ4n) is 3.09. The molecule has 0 bridgehead atoms. The van der Waals surface area contributed by atoms with Gasteiger partial charge in [-0.2, -0.15) is 5.10 Å². The molecule has 0 saturated heterocycles. The summed E-state index contributed by atoms with van der Waals surface area (Å²) in [6, 6.07) is 16.9. The monoisotopic (exact) mass is 500 g/mol. The van der Waals surface area contributed by atoms with E-state index in [4.69, 9.17) is 11.6 Å². The van der Waals surface area contributed by atoms with Gasteiger partial charge in [-0.25, -0.2) is 13.8 Å². The summed E-state index contributed by atoms with van der Waals surface area (Å²) < 4.78 is 27.8. The number of nitrogens with zero attached hydrogens (tertiary/aromatic N) is 3.